The van der Waals surface area contributed by atoms with Crippen LogP contribution in [-0.2, 0) is 9.47 Å². The summed E-state index contributed by atoms with van der Waals surface area (Å²) >= 11 is 0. The Kier molecular flexibility index (Phi) is 5.68. The molecule has 0 amide bonds. The van der Waals surface area contributed by atoms with Crippen molar-refractivity contribution in [2.24, 2.45) is 0 Å². The lowest BCUT2D eigenvalue weighted by Gasteiger charge is -2.12. The molecule has 1 N–H and O–H groups in total. The molecule has 3 aromatic rings. The van der Waals surface area contributed by atoms with Crippen LogP contribution in [0.3, 0.4) is 0 Å². The molecule has 132 valence electrons. The number of aromatic amines is 1. The average molecular weight is 340 g/mol. The maximum atomic E-state index is 5.80. The Morgan fingerprint density at radius 1 is 0.960 bits per heavy atom. The van der Waals surface area contributed by atoms with Gasteiger partial charge in [0, 0.05) is 12.7 Å². The Morgan fingerprint density at radius 2 is 1.68 bits per heavy atom. The van der Waals surface area contributed by atoms with Crippen LogP contribution in [0.25, 0.3) is 22.4 Å². The third-order valence-corrected chi connectivity index (χ3v) is 4.06. The molecule has 0 bridgehead atoms. The predicted molar refractivity (Wildman–Crippen MR) is 99.2 cm³/mol. The fraction of sp³-hybridized carbons (Fsp3) is 0.350. The van der Waals surface area contributed by atoms with Crippen LogP contribution >= 0.6 is 0 Å². The van der Waals surface area contributed by atoms with Crippen molar-refractivity contribution in [1.82, 2.24) is 9.97 Å². The molecule has 0 radical (unpaired) electrons. The summed E-state index contributed by atoms with van der Waals surface area (Å²) in [6.07, 6.45) is 0. The van der Waals surface area contributed by atoms with Crippen molar-refractivity contribution in [1.29, 1.82) is 0 Å². The molecule has 1 heterocycles. The third-order valence-electron chi connectivity index (χ3n) is 4.06. The van der Waals surface area contributed by atoms with Gasteiger partial charge in [0.2, 0.25) is 0 Å². The molecular formula is C20H24N2O3. The van der Waals surface area contributed by atoms with E-state index in [1.807, 2.05) is 36.4 Å². The van der Waals surface area contributed by atoms with Gasteiger partial charge in [-0.3, -0.25) is 0 Å². The van der Waals surface area contributed by atoms with Gasteiger partial charge in [-0.05, 0) is 49.2 Å². The van der Waals surface area contributed by atoms with Crippen LogP contribution in [0.5, 0.6) is 5.75 Å². The molecular weight excluding hydrogens is 316 g/mol. The standard InChI is InChI=1S/C20H24N2O3/c1-14-12-16(25-11-10-24-9-8-23-3)13-15(2)19(14)20-21-17-6-4-5-7-18(17)22-20/h4-7,12-13H,8-11H2,1-3H3,(H,21,22). The van der Waals surface area contributed by atoms with Crippen molar-refractivity contribution in [3.8, 4) is 17.1 Å². The molecule has 0 aliphatic heterocycles. The Hall–Kier alpha value is -2.37. The Bertz CT molecular complexity index is 786. The highest BCUT2D eigenvalue weighted by Gasteiger charge is 2.12. The van der Waals surface area contributed by atoms with Gasteiger partial charge in [-0.15, -0.1) is 0 Å². The molecule has 0 saturated carbocycles. The number of H-pyrrole nitrogens is 1. The van der Waals surface area contributed by atoms with Crippen LogP contribution in [0.15, 0.2) is 36.4 Å². The number of aryl methyl sites for hydroxylation is 2. The first kappa shape index (κ1) is 17.5. The van der Waals surface area contributed by atoms with E-state index in [0.717, 1.165) is 39.3 Å². The quantitative estimate of drug-likeness (QED) is 0.632. The van der Waals surface area contributed by atoms with Gasteiger partial charge in [-0.25, -0.2) is 4.98 Å². The van der Waals surface area contributed by atoms with Gasteiger partial charge in [-0.1, -0.05) is 12.1 Å². The van der Waals surface area contributed by atoms with Gasteiger partial charge < -0.3 is 19.2 Å². The van der Waals surface area contributed by atoms with Gasteiger partial charge in [0.25, 0.3) is 0 Å². The number of nitrogens with one attached hydrogen (secondary N) is 1. The summed E-state index contributed by atoms with van der Waals surface area (Å²) in [7, 11) is 1.66. The van der Waals surface area contributed by atoms with E-state index in [4.69, 9.17) is 19.2 Å². The first-order valence-corrected chi connectivity index (χ1v) is 8.45. The molecule has 0 aliphatic carbocycles. The normalized spacial score (nSPS) is 11.2. The second kappa shape index (κ2) is 8.14. The van der Waals surface area contributed by atoms with Crippen LogP contribution in [0.4, 0.5) is 0 Å². The van der Waals surface area contributed by atoms with Gasteiger partial charge in [0.1, 0.15) is 18.2 Å². The van der Waals surface area contributed by atoms with Crippen molar-refractivity contribution in [2.75, 3.05) is 33.5 Å². The number of benzene rings is 2. The maximum absolute atomic E-state index is 5.80. The van der Waals surface area contributed by atoms with Crippen LogP contribution < -0.4 is 4.74 Å². The molecule has 5 nitrogen and oxygen atoms in total. The molecule has 1 aromatic heterocycles. The van der Waals surface area contributed by atoms with Crippen LogP contribution in [0, 0.1) is 13.8 Å². The summed E-state index contributed by atoms with van der Waals surface area (Å²) in [4.78, 5) is 8.11. The zero-order chi connectivity index (χ0) is 17.6. The molecule has 0 saturated heterocycles. The highest BCUT2D eigenvalue weighted by atomic mass is 16.5. The van der Waals surface area contributed by atoms with Crippen molar-refractivity contribution in [3.05, 3.63) is 47.5 Å². The van der Waals surface area contributed by atoms with Crippen LogP contribution in [0.1, 0.15) is 11.1 Å². The lowest BCUT2D eigenvalue weighted by atomic mass is 10.0. The fourth-order valence-electron chi connectivity index (χ4n) is 2.91. The first-order chi connectivity index (χ1) is 12.2. The van der Waals surface area contributed by atoms with E-state index < -0.39 is 0 Å². The summed E-state index contributed by atoms with van der Waals surface area (Å²) in [5.74, 6) is 1.75. The van der Waals surface area contributed by atoms with E-state index in [2.05, 4.69) is 18.8 Å². The highest BCUT2D eigenvalue weighted by Crippen LogP contribution is 2.30. The second-order valence-corrected chi connectivity index (χ2v) is 5.99. The molecule has 3 rings (SSSR count). The fourth-order valence-corrected chi connectivity index (χ4v) is 2.91. The number of imidazole rings is 1. The zero-order valence-corrected chi connectivity index (χ0v) is 15.0. The number of rotatable bonds is 8. The lowest BCUT2D eigenvalue weighted by molar-refractivity contribution is 0.0544. The minimum atomic E-state index is 0.520. The number of fused-ring (bicyclic) bond motifs is 1. The highest BCUT2D eigenvalue weighted by molar-refractivity contribution is 5.80. The maximum Gasteiger partial charge on any atom is 0.139 e. The monoisotopic (exact) mass is 340 g/mol. The van der Waals surface area contributed by atoms with Crippen molar-refractivity contribution in [2.45, 2.75) is 13.8 Å². The smallest absolute Gasteiger partial charge is 0.139 e. The number of hydrogen-bond acceptors (Lipinski definition) is 4. The molecule has 0 spiro atoms. The topological polar surface area (TPSA) is 56.4 Å². The molecule has 5 heteroatoms. The summed E-state index contributed by atoms with van der Waals surface area (Å²) in [5.41, 5.74) is 5.42. The number of nitrogens with zero attached hydrogens (tertiary/aromatic N) is 1. The molecule has 0 atom stereocenters. The van der Waals surface area contributed by atoms with Crippen molar-refractivity contribution < 1.29 is 14.2 Å². The van der Waals surface area contributed by atoms with Crippen LogP contribution in [0.2, 0.25) is 0 Å². The number of ether oxygens (including phenoxy) is 3. The Balaban J connectivity index is 1.72. The summed E-state index contributed by atoms with van der Waals surface area (Å²) in [6.45, 7) is 6.42. The third kappa shape index (κ3) is 4.18. The molecule has 25 heavy (non-hydrogen) atoms. The van der Waals surface area contributed by atoms with Crippen molar-refractivity contribution >= 4 is 11.0 Å². The number of aromatic nitrogens is 2. The SMILES string of the molecule is COCCOCCOc1cc(C)c(-c2nc3ccccc3[nH]2)c(C)c1. The molecule has 0 fully saturated rings. The van der Waals surface area contributed by atoms with E-state index in [9.17, 15) is 0 Å². The van der Waals surface area contributed by atoms with Crippen LogP contribution in [-0.4, -0.2) is 43.5 Å². The largest absolute Gasteiger partial charge is 0.491 e. The van der Waals surface area contributed by atoms with E-state index in [0.29, 0.717) is 26.4 Å². The number of hydrogen-bond donors (Lipinski definition) is 1. The Labute approximate surface area is 147 Å². The summed E-state index contributed by atoms with van der Waals surface area (Å²) in [5, 5.41) is 0. The second-order valence-electron chi connectivity index (χ2n) is 5.99. The van der Waals surface area contributed by atoms with Gasteiger partial charge in [0.05, 0.1) is 30.9 Å². The van der Waals surface area contributed by atoms with Gasteiger partial charge in [0.15, 0.2) is 0 Å². The summed E-state index contributed by atoms with van der Waals surface area (Å²) in [6, 6.07) is 12.2. The van der Waals surface area contributed by atoms with E-state index >= 15 is 0 Å². The number of para-hydroxylation sites is 2. The van der Waals surface area contributed by atoms with E-state index in [-0.39, 0.29) is 0 Å². The zero-order valence-electron chi connectivity index (χ0n) is 15.0. The lowest BCUT2D eigenvalue weighted by Crippen LogP contribution is -2.10. The van der Waals surface area contributed by atoms with Gasteiger partial charge >= 0.3 is 0 Å². The predicted octanol–water partition coefficient (Wildman–Crippen LogP) is 3.89. The minimum absolute atomic E-state index is 0.520. The molecule has 2 aromatic carbocycles. The number of methoxy groups -OCH3 is 1. The molecule has 0 aliphatic rings. The minimum Gasteiger partial charge on any atom is -0.491 e. The van der Waals surface area contributed by atoms with Gasteiger partial charge in [-0.2, -0.15) is 0 Å². The Morgan fingerprint density at radius 3 is 2.40 bits per heavy atom. The van der Waals surface area contributed by atoms with E-state index in [1.54, 1.807) is 7.11 Å². The summed E-state index contributed by atoms with van der Waals surface area (Å²) < 4.78 is 16.2. The molecule has 0 unspecified atom stereocenters. The first-order valence-electron chi connectivity index (χ1n) is 8.45. The average Bonchev–Trinajstić information content (AvgIpc) is 3.01. The van der Waals surface area contributed by atoms with E-state index in [1.165, 1.54) is 0 Å². The van der Waals surface area contributed by atoms with Crippen molar-refractivity contribution in [3.63, 3.8) is 0 Å².